The van der Waals surface area contributed by atoms with Crippen LogP contribution in [0.5, 0.6) is 0 Å². The molecule has 1 rings (SSSR count). The van der Waals surface area contributed by atoms with E-state index in [-0.39, 0.29) is 48.4 Å². The number of anilines is 3. The molecule has 9 nitrogen and oxygen atoms in total. The second-order valence-electron chi connectivity index (χ2n) is 6.30. The summed E-state index contributed by atoms with van der Waals surface area (Å²) >= 11 is 0. The maximum absolute atomic E-state index is 12.6. The third-order valence-corrected chi connectivity index (χ3v) is 3.84. The van der Waals surface area contributed by atoms with E-state index in [1.165, 1.54) is 0 Å². The Bertz CT molecular complexity index is 630. The van der Waals surface area contributed by atoms with E-state index >= 15 is 0 Å². The van der Waals surface area contributed by atoms with Gasteiger partial charge in [0, 0.05) is 19.3 Å². The Morgan fingerprint density at radius 3 is 1.89 bits per heavy atom. The summed E-state index contributed by atoms with van der Waals surface area (Å²) < 4.78 is 0. The van der Waals surface area contributed by atoms with Gasteiger partial charge >= 0.3 is 0 Å². The first kappa shape index (κ1) is 22.5. The van der Waals surface area contributed by atoms with Crippen molar-refractivity contribution in [3.8, 4) is 0 Å². The number of carbonyl (C=O) groups excluding carboxylic acids is 3. The van der Waals surface area contributed by atoms with Crippen LogP contribution >= 0.6 is 0 Å². The minimum atomic E-state index is -0.383. The molecular formula is C18H30N6O3. The van der Waals surface area contributed by atoms with Crippen LogP contribution in [0.2, 0.25) is 0 Å². The highest BCUT2D eigenvalue weighted by Gasteiger charge is 2.26. The van der Waals surface area contributed by atoms with Gasteiger partial charge in [-0.25, -0.2) is 4.90 Å². The molecule has 0 atom stereocenters. The fourth-order valence-corrected chi connectivity index (χ4v) is 2.30. The molecule has 1 heterocycles. The first-order chi connectivity index (χ1) is 12.9. The van der Waals surface area contributed by atoms with E-state index in [2.05, 4.69) is 20.3 Å². The summed E-state index contributed by atoms with van der Waals surface area (Å²) in [6.45, 7) is 5.90. The van der Waals surface area contributed by atoms with Gasteiger partial charge in [0.2, 0.25) is 35.6 Å². The van der Waals surface area contributed by atoms with Gasteiger partial charge in [-0.05, 0) is 19.3 Å². The number of nitrogens with zero attached hydrogens (tertiary/aromatic N) is 4. The van der Waals surface area contributed by atoms with Gasteiger partial charge < -0.3 is 5.73 Å². The van der Waals surface area contributed by atoms with Crippen molar-refractivity contribution in [1.82, 2.24) is 15.0 Å². The third kappa shape index (κ3) is 7.67. The van der Waals surface area contributed by atoms with Crippen LogP contribution in [0.15, 0.2) is 0 Å². The molecule has 3 amide bonds. The summed E-state index contributed by atoms with van der Waals surface area (Å²) in [5, 5.41) is 2.55. The molecule has 0 fully saturated rings. The lowest BCUT2D eigenvalue weighted by Crippen LogP contribution is -2.38. The molecule has 0 aliphatic heterocycles. The fraction of sp³-hybridized carbons (Fsp3) is 0.667. The van der Waals surface area contributed by atoms with Crippen LogP contribution in [0.25, 0.3) is 0 Å². The lowest BCUT2D eigenvalue weighted by molar-refractivity contribution is -0.126. The van der Waals surface area contributed by atoms with Crippen molar-refractivity contribution < 1.29 is 14.4 Å². The number of hydrogen-bond donors (Lipinski definition) is 2. The molecule has 0 aliphatic carbocycles. The Balaban J connectivity index is 3.10. The van der Waals surface area contributed by atoms with E-state index in [0.29, 0.717) is 19.3 Å². The second-order valence-corrected chi connectivity index (χ2v) is 6.30. The van der Waals surface area contributed by atoms with Crippen molar-refractivity contribution in [2.24, 2.45) is 0 Å². The summed E-state index contributed by atoms with van der Waals surface area (Å²) in [7, 11) is 0. The lowest BCUT2D eigenvalue weighted by atomic mass is 10.2. The predicted molar refractivity (Wildman–Crippen MR) is 104 cm³/mol. The van der Waals surface area contributed by atoms with Crippen molar-refractivity contribution in [3.63, 3.8) is 0 Å². The standard InChI is InChI=1S/C18H30N6O3/c1-4-7-10-13(25)20-17-21-16(19)22-18(23-17)24(14(26)11-8-5-2)15(27)12-9-6-3/h4-12H2,1-3H3,(H3,19,20,21,22,23,25). The van der Waals surface area contributed by atoms with Crippen LogP contribution in [0.3, 0.4) is 0 Å². The van der Waals surface area contributed by atoms with Gasteiger partial charge in [0.05, 0.1) is 0 Å². The van der Waals surface area contributed by atoms with Crippen molar-refractivity contribution in [2.75, 3.05) is 16.0 Å². The molecule has 3 N–H and O–H groups in total. The van der Waals surface area contributed by atoms with Crippen LogP contribution in [0.4, 0.5) is 17.8 Å². The van der Waals surface area contributed by atoms with Crippen LogP contribution in [-0.2, 0) is 14.4 Å². The van der Waals surface area contributed by atoms with Crippen LogP contribution < -0.4 is 16.0 Å². The highest BCUT2D eigenvalue weighted by molar-refractivity contribution is 6.13. The smallest absolute Gasteiger partial charge is 0.245 e. The number of carbonyl (C=O) groups is 3. The van der Waals surface area contributed by atoms with Gasteiger partial charge in [-0.15, -0.1) is 0 Å². The molecule has 0 aliphatic rings. The monoisotopic (exact) mass is 378 g/mol. The van der Waals surface area contributed by atoms with Gasteiger partial charge in [-0.3, -0.25) is 19.7 Å². The summed E-state index contributed by atoms with van der Waals surface area (Å²) in [6.07, 6.45) is 5.29. The number of nitrogen functional groups attached to an aromatic ring is 1. The third-order valence-electron chi connectivity index (χ3n) is 3.84. The zero-order chi connectivity index (χ0) is 20.2. The highest BCUT2D eigenvalue weighted by atomic mass is 16.2. The molecule has 1 aromatic rings. The SMILES string of the molecule is CCCCC(=O)Nc1nc(N)nc(N(C(=O)CCCC)C(=O)CCCC)n1. The molecule has 0 bridgehead atoms. The van der Waals surface area contributed by atoms with E-state index in [0.717, 1.165) is 30.6 Å². The first-order valence-electron chi connectivity index (χ1n) is 9.60. The predicted octanol–water partition coefficient (Wildman–Crippen LogP) is 2.82. The molecule has 0 saturated heterocycles. The van der Waals surface area contributed by atoms with Crippen molar-refractivity contribution in [3.05, 3.63) is 0 Å². The number of hydrogen-bond acceptors (Lipinski definition) is 7. The Kier molecular flexibility index (Phi) is 9.92. The molecule has 27 heavy (non-hydrogen) atoms. The average Bonchev–Trinajstić information content (AvgIpc) is 2.62. The van der Waals surface area contributed by atoms with E-state index in [1.54, 1.807) is 0 Å². The Hall–Kier alpha value is -2.58. The minimum Gasteiger partial charge on any atom is -0.368 e. The van der Waals surface area contributed by atoms with Gasteiger partial charge in [-0.2, -0.15) is 15.0 Å². The zero-order valence-electron chi connectivity index (χ0n) is 16.5. The molecule has 0 saturated carbocycles. The lowest BCUT2D eigenvalue weighted by Gasteiger charge is -2.19. The Labute approximate surface area is 160 Å². The van der Waals surface area contributed by atoms with E-state index < -0.39 is 0 Å². The largest absolute Gasteiger partial charge is 0.368 e. The molecule has 9 heteroatoms. The van der Waals surface area contributed by atoms with Crippen molar-refractivity contribution >= 4 is 35.6 Å². The van der Waals surface area contributed by atoms with Crippen molar-refractivity contribution in [1.29, 1.82) is 0 Å². The summed E-state index contributed by atoms with van der Waals surface area (Å²) in [5.74, 6) is -1.39. The van der Waals surface area contributed by atoms with Gasteiger partial charge in [0.25, 0.3) is 0 Å². The number of nitrogens with two attached hydrogens (primary N) is 1. The molecule has 0 spiro atoms. The van der Waals surface area contributed by atoms with Crippen molar-refractivity contribution in [2.45, 2.75) is 78.6 Å². The summed E-state index contributed by atoms with van der Waals surface area (Å²) in [4.78, 5) is 49.9. The maximum Gasteiger partial charge on any atom is 0.245 e. The number of nitrogens with one attached hydrogen (secondary N) is 1. The summed E-state index contributed by atoms with van der Waals surface area (Å²) in [5.41, 5.74) is 5.71. The second kappa shape index (κ2) is 11.9. The average molecular weight is 378 g/mol. The van der Waals surface area contributed by atoms with Crippen LogP contribution in [-0.4, -0.2) is 32.7 Å². The molecule has 1 aromatic heterocycles. The van der Waals surface area contributed by atoms with Gasteiger partial charge in [0.15, 0.2) is 0 Å². The summed E-state index contributed by atoms with van der Waals surface area (Å²) in [6, 6.07) is 0. The number of aromatic nitrogens is 3. The molecule has 0 unspecified atom stereocenters. The number of rotatable bonds is 11. The fourth-order valence-electron chi connectivity index (χ4n) is 2.30. The minimum absolute atomic E-state index is 0.0600. The quantitative estimate of drug-likeness (QED) is 0.605. The van der Waals surface area contributed by atoms with E-state index in [1.807, 2.05) is 20.8 Å². The van der Waals surface area contributed by atoms with Crippen LogP contribution in [0, 0.1) is 0 Å². The Morgan fingerprint density at radius 1 is 0.852 bits per heavy atom. The normalized spacial score (nSPS) is 10.5. The number of imide groups is 1. The number of amides is 3. The van der Waals surface area contributed by atoms with Gasteiger partial charge in [0.1, 0.15) is 0 Å². The topological polar surface area (TPSA) is 131 Å². The Morgan fingerprint density at radius 2 is 1.37 bits per heavy atom. The van der Waals surface area contributed by atoms with Gasteiger partial charge in [-0.1, -0.05) is 40.0 Å². The molecule has 150 valence electrons. The molecular weight excluding hydrogens is 348 g/mol. The molecule has 0 aromatic carbocycles. The molecule has 0 radical (unpaired) electrons. The van der Waals surface area contributed by atoms with E-state index in [9.17, 15) is 14.4 Å². The highest BCUT2D eigenvalue weighted by Crippen LogP contribution is 2.17. The first-order valence-corrected chi connectivity index (χ1v) is 9.60. The number of unbranched alkanes of at least 4 members (excludes halogenated alkanes) is 3. The maximum atomic E-state index is 12.6. The van der Waals surface area contributed by atoms with Crippen LogP contribution in [0.1, 0.15) is 78.6 Å². The zero-order valence-corrected chi connectivity index (χ0v) is 16.5. The van der Waals surface area contributed by atoms with E-state index in [4.69, 9.17) is 5.73 Å².